The molecule has 4 rings (SSSR count). The number of para-hydroxylation sites is 1. The van der Waals surface area contributed by atoms with Gasteiger partial charge in [-0.15, -0.1) is 0 Å². The van der Waals surface area contributed by atoms with E-state index in [2.05, 4.69) is 4.90 Å². The van der Waals surface area contributed by atoms with Gasteiger partial charge in [0.15, 0.2) is 5.84 Å². The van der Waals surface area contributed by atoms with Gasteiger partial charge in [-0.05, 0) is 44.0 Å². The fourth-order valence-corrected chi connectivity index (χ4v) is 3.89. The molecule has 174 valence electrons. The van der Waals surface area contributed by atoms with Gasteiger partial charge in [0.1, 0.15) is 29.1 Å². The molecule has 4 N–H and O–H groups in total. The number of likely N-dealkylation sites (tertiary alicyclic amines) is 1. The molecule has 8 nitrogen and oxygen atoms in total. The summed E-state index contributed by atoms with van der Waals surface area (Å²) < 4.78 is 13.0. The van der Waals surface area contributed by atoms with Crippen molar-refractivity contribution in [1.29, 1.82) is 10.8 Å². The van der Waals surface area contributed by atoms with Crippen molar-refractivity contribution in [2.24, 2.45) is 5.73 Å². The van der Waals surface area contributed by atoms with Crippen LogP contribution in [0.2, 0.25) is 0 Å². The molecule has 1 aromatic carbocycles. The molecule has 1 unspecified atom stereocenters. The second-order valence-electron chi connectivity index (χ2n) is 9.20. The standard InChI is InChI=1S/C25H32N6O2/c1-25(2,32-3)16-33-21-6-4-5-18-8-9-20(29-23(18)21)24(28)31-14-17(7-10-22(31)27)13-30-12-11-19(26)15-30/h4-10,14,19,27-28H,11-13,15-16,26H2,1-3H3. The summed E-state index contributed by atoms with van der Waals surface area (Å²) in [5.41, 5.74) is 8.03. The molecule has 1 saturated heterocycles. The van der Waals surface area contributed by atoms with Gasteiger partial charge in [0.05, 0.1) is 5.60 Å². The highest BCUT2D eigenvalue weighted by molar-refractivity contribution is 5.98. The molecule has 1 atom stereocenters. The van der Waals surface area contributed by atoms with Crippen molar-refractivity contribution in [3.63, 3.8) is 0 Å². The maximum Gasteiger partial charge on any atom is 0.156 e. The van der Waals surface area contributed by atoms with Crippen LogP contribution in [0.25, 0.3) is 10.9 Å². The fourth-order valence-electron chi connectivity index (χ4n) is 3.89. The molecular formula is C25H32N6O2. The summed E-state index contributed by atoms with van der Waals surface area (Å²) in [6.07, 6.45) is 2.85. The van der Waals surface area contributed by atoms with Crippen LogP contribution in [0.1, 0.15) is 31.5 Å². The molecule has 0 aliphatic carbocycles. The zero-order valence-corrected chi connectivity index (χ0v) is 19.5. The third-order valence-corrected chi connectivity index (χ3v) is 6.02. The Hall–Kier alpha value is -3.07. The van der Waals surface area contributed by atoms with Gasteiger partial charge in [-0.2, -0.15) is 0 Å². The monoisotopic (exact) mass is 448 g/mol. The summed E-state index contributed by atoms with van der Waals surface area (Å²) in [5.74, 6) is 0.788. The highest BCUT2D eigenvalue weighted by atomic mass is 16.5. The number of ether oxygens (including phenoxy) is 2. The first-order valence-corrected chi connectivity index (χ1v) is 11.2. The Morgan fingerprint density at radius 1 is 1.21 bits per heavy atom. The lowest BCUT2D eigenvalue weighted by molar-refractivity contribution is -0.0143. The van der Waals surface area contributed by atoms with E-state index in [0.29, 0.717) is 23.6 Å². The van der Waals surface area contributed by atoms with E-state index < -0.39 is 5.60 Å². The Morgan fingerprint density at radius 2 is 2.03 bits per heavy atom. The summed E-state index contributed by atoms with van der Waals surface area (Å²) in [6.45, 7) is 6.88. The van der Waals surface area contributed by atoms with Crippen LogP contribution < -0.4 is 16.0 Å². The lowest BCUT2D eigenvalue weighted by atomic mass is 10.1. The maximum atomic E-state index is 8.79. The van der Waals surface area contributed by atoms with Gasteiger partial charge in [0, 0.05) is 44.4 Å². The van der Waals surface area contributed by atoms with E-state index in [1.165, 1.54) is 0 Å². The van der Waals surface area contributed by atoms with E-state index in [-0.39, 0.29) is 17.4 Å². The van der Waals surface area contributed by atoms with Gasteiger partial charge in [0.2, 0.25) is 0 Å². The summed E-state index contributed by atoms with van der Waals surface area (Å²) in [7, 11) is 1.66. The van der Waals surface area contributed by atoms with Crippen LogP contribution >= 0.6 is 0 Å². The van der Waals surface area contributed by atoms with Crippen molar-refractivity contribution in [2.45, 2.75) is 38.5 Å². The zero-order valence-electron chi connectivity index (χ0n) is 19.5. The number of rotatable bonds is 7. The molecule has 3 heterocycles. The van der Waals surface area contributed by atoms with Crippen molar-refractivity contribution < 1.29 is 9.47 Å². The molecule has 1 aliphatic rings. The average molecular weight is 449 g/mol. The highest BCUT2D eigenvalue weighted by Crippen LogP contribution is 2.25. The summed E-state index contributed by atoms with van der Waals surface area (Å²) in [5, 5.41) is 18.1. The van der Waals surface area contributed by atoms with E-state index in [1.807, 2.05) is 56.4 Å². The second kappa shape index (κ2) is 9.43. The van der Waals surface area contributed by atoms with Crippen LogP contribution in [0.4, 0.5) is 0 Å². The molecule has 0 radical (unpaired) electrons. The molecule has 1 fully saturated rings. The topological polar surface area (TPSA) is 113 Å². The highest BCUT2D eigenvalue weighted by Gasteiger charge is 2.20. The lowest BCUT2D eigenvalue weighted by Gasteiger charge is -2.23. The molecule has 0 spiro atoms. The van der Waals surface area contributed by atoms with Crippen LogP contribution in [0.5, 0.6) is 5.75 Å². The molecule has 0 amide bonds. The van der Waals surface area contributed by atoms with E-state index in [1.54, 1.807) is 17.7 Å². The van der Waals surface area contributed by atoms with E-state index in [4.69, 9.17) is 31.0 Å². The smallest absolute Gasteiger partial charge is 0.156 e. The molecule has 2 aromatic heterocycles. The number of nitrogens with one attached hydrogen (secondary N) is 2. The SMILES string of the molecule is COC(C)(C)COc1cccc2ccc(C(=N)n3cc(CN4CCC(N)C4)ccc3=N)nc12. The van der Waals surface area contributed by atoms with Crippen LogP contribution in [-0.4, -0.2) is 58.7 Å². The van der Waals surface area contributed by atoms with Crippen molar-refractivity contribution in [1.82, 2.24) is 14.5 Å². The number of hydrogen-bond acceptors (Lipinski definition) is 7. The number of benzene rings is 1. The number of nitrogens with two attached hydrogens (primary N) is 1. The fraction of sp³-hybridized carbons (Fsp3) is 0.400. The number of methoxy groups -OCH3 is 1. The van der Waals surface area contributed by atoms with Crippen LogP contribution in [0, 0.1) is 10.8 Å². The first-order chi connectivity index (χ1) is 15.8. The lowest BCUT2D eigenvalue weighted by Crippen LogP contribution is -2.31. The van der Waals surface area contributed by atoms with E-state index in [0.717, 1.165) is 37.0 Å². The van der Waals surface area contributed by atoms with Crippen molar-refractivity contribution in [3.05, 3.63) is 65.4 Å². The Kier molecular flexibility index (Phi) is 6.60. The molecule has 3 aromatic rings. The number of pyridine rings is 2. The summed E-state index contributed by atoms with van der Waals surface area (Å²) in [6, 6.07) is 13.4. The second-order valence-corrected chi connectivity index (χ2v) is 9.20. The molecule has 8 heteroatoms. The largest absolute Gasteiger partial charge is 0.488 e. The number of aromatic nitrogens is 2. The zero-order chi connectivity index (χ0) is 23.6. The first kappa shape index (κ1) is 23.1. The van der Waals surface area contributed by atoms with Crippen molar-refractivity contribution in [2.75, 3.05) is 26.8 Å². The first-order valence-electron chi connectivity index (χ1n) is 11.2. The summed E-state index contributed by atoms with van der Waals surface area (Å²) in [4.78, 5) is 7.04. The Labute approximate surface area is 194 Å². The van der Waals surface area contributed by atoms with Gasteiger partial charge in [0.25, 0.3) is 0 Å². The van der Waals surface area contributed by atoms with Gasteiger partial charge in [-0.25, -0.2) is 4.98 Å². The predicted octanol–water partition coefficient (Wildman–Crippen LogP) is 2.73. The molecular weight excluding hydrogens is 416 g/mol. The van der Waals surface area contributed by atoms with Crippen LogP contribution in [0.3, 0.4) is 0 Å². The van der Waals surface area contributed by atoms with Gasteiger partial charge in [-0.1, -0.05) is 24.3 Å². The maximum absolute atomic E-state index is 8.79. The third kappa shape index (κ3) is 5.30. The third-order valence-electron chi connectivity index (χ3n) is 6.02. The Balaban J connectivity index is 1.62. The Morgan fingerprint density at radius 3 is 2.76 bits per heavy atom. The molecule has 0 bridgehead atoms. The average Bonchev–Trinajstić information content (AvgIpc) is 3.22. The van der Waals surface area contributed by atoms with E-state index >= 15 is 0 Å². The minimum absolute atomic E-state index is 0.147. The number of nitrogens with zero attached hydrogens (tertiary/aromatic N) is 3. The van der Waals surface area contributed by atoms with Crippen LogP contribution in [-0.2, 0) is 11.3 Å². The van der Waals surface area contributed by atoms with Crippen LogP contribution in [0.15, 0.2) is 48.7 Å². The molecule has 33 heavy (non-hydrogen) atoms. The summed E-state index contributed by atoms with van der Waals surface area (Å²) >= 11 is 0. The minimum Gasteiger partial charge on any atom is -0.488 e. The molecule has 0 saturated carbocycles. The van der Waals surface area contributed by atoms with Crippen molar-refractivity contribution >= 4 is 16.7 Å². The normalized spacial score (nSPS) is 16.9. The predicted molar refractivity (Wildman–Crippen MR) is 129 cm³/mol. The number of hydrogen-bond donors (Lipinski definition) is 3. The van der Waals surface area contributed by atoms with Gasteiger partial charge >= 0.3 is 0 Å². The van der Waals surface area contributed by atoms with Gasteiger partial charge < -0.3 is 15.2 Å². The van der Waals surface area contributed by atoms with Gasteiger partial charge in [-0.3, -0.25) is 20.3 Å². The van der Waals surface area contributed by atoms with Crippen molar-refractivity contribution in [3.8, 4) is 5.75 Å². The minimum atomic E-state index is -0.428. The van der Waals surface area contributed by atoms with E-state index in [9.17, 15) is 0 Å². The quantitative estimate of drug-likeness (QED) is 0.380. The number of fused-ring (bicyclic) bond motifs is 1. The Bertz CT molecular complexity index is 1220. The molecule has 1 aliphatic heterocycles.